The van der Waals surface area contributed by atoms with Gasteiger partial charge in [0.2, 0.25) is 5.91 Å². The lowest BCUT2D eigenvalue weighted by molar-refractivity contribution is -0.125. The fourth-order valence-corrected chi connectivity index (χ4v) is 3.79. The molecule has 0 radical (unpaired) electrons. The molecular weight excluding hydrogens is 280 g/mol. The Morgan fingerprint density at radius 1 is 1.24 bits per heavy atom. The summed E-state index contributed by atoms with van der Waals surface area (Å²) in [7, 11) is 0. The zero-order valence-electron chi connectivity index (χ0n) is 12.1. The highest BCUT2D eigenvalue weighted by Crippen LogP contribution is 2.31. The van der Waals surface area contributed by atoms with Crippen LogP contribution in [0.4, 0.5) is 0 Å². The lowest BCUT2D eigenvalue weighted by atomic mass is 9.93. The van der Waals surface area contributed by atoms with E-state index in [0.717, 1.165) is 18.7 Å². The lowest BCUT2D eigenvalue weighted by Gasteiger charge is -2.20. The molecule has 4 heteroatoms. The van der Waals surface area contributed by atoms with Crippen molar-refractivity contribution in [1.29, 1.82) is 0 Å². The fourth-order valence-electron chi connectivity index (χ4n) is 2.90. The number of rotatable bonds is 4. The van der Waals surface area contributed by atoms with E-state index >= 15 is 0 Å². The van der Waals surface area contributed by atoms with Crippen LogP contribution in [0.3, 0.4) is 0 Å². The van der Waals surface area contributed by atoms with Crippen LogP contribution in [0.15, 0.2) is 47.8 Å². The predicted octanol–water partition coefficient (Wildman–Crippen LogP) is 2.93. The Morgan fingerprint density at radius 3 is 2.76 bits per heavy atom. The van der Waals surface area contributed by atoms with Crippen LogP contribution in [0.1, 0.15) is 29.3 Å². The molecule has 1 saturated heterocycles. The first-order chi connectivity index (χ1) is 10.3. The summed E-state index contributed by atoms with van der Waals surface area (Å²) in [6.07, 6.45) is 0. The summed E-state index contributed by atoms with van der Waals surface area (Å²) in [4.78, 5) is 13.9. The van der Waals surface area contributed by atoms with Gasteiger partial charge in [0.15, 0.2) is 0 Å². The zero-order chi connectivity index (χ0) is 14.7. The summed E-state index contributed by atoms with van der Waals surface area (Å²) in [5.41, 5.74) is 1.14. The Bertz CT molecular complexity index is 582. The Labute approximate surface area is 129 Å². The lowest BCUT2D eigenvalue weighted by Crippen LogP contribution is -2.35. The van der Waals surface area contributed by atoms with Crippen molar-refractivity contribution in [2.24, 2.45) is 5.92 Å². The highest BCUT2D eigenvalue weighted by Gasteiger charge is 2.34. The molecule has 1 aromatic heterocycles. The van der Waals surface area contributed by atoms with Crippen LogP contribution in [0, 0.1) is 5.92 Å². The van der Waals surface area contributed by atoms with Gasteiger partial charge in [-0.15, -0.1) is 11.3 Å². The van der Waals surface area contributed by atoms with Gasteiger partial charge in [0.25, 0.3) is 0 Å². The van der Waals surface area contributed by atoms with E-state index in [1.165, 1.54) is 4.88 Å². The van der Waals surface area contributed by atoms with E-state index in [0.29, 0.717) is 5.92 Å². The molecule has 2 N–H and O–H groups in total. The quantitative estimate of drug-likeness (QED) is 0.911. The number of hydrogen-bond acceptors (Lipinski definition) is 3. The van der Waals surface area contributed by atoms with Gasteiger partial charge in [-0.3, -0.25) is 4.79 Å². The van der Waals surface area contributed by atoms with Crippen LogP contribution in [0.2, 0.25) is 0 Å². The minimum atomic E-state index is 0.0230. The highest BCUT2D eigenvalue weighted by atomic mass is 32.1. The maximum atomic E-state index is 12.6. The summed E-state index contributed by atoms with van der Waals surface area (Å²) < 4.78 is 0. The molecule has 1 fully saturated rings. The van der Waals surface area contributed by atoms with Crippen molar-refractivity contribution >= 4 is 17.2 Å². The van der Waals surface area contributed by atoms with Crippen LogP contribution in [-0.4, -0.2) is 19.0 Å². The second-order valence-corrected chi connectivity index (χ2v) is 6.51. The van der Waals surface area contributed by atoms with E-state index < -0.39 is 0 Å². The molecule has 0 unspecified atom stereocenters. The van der Waals surface area contributed by atoms with Gasteiger partial charge in [-0.05, 0) is 23.9 Å². The molecule has 21 heavy (non-hydrogen) atoms. The third-order valence-corrected chi connectivity index (χ3v) is 5.12. The van der Waals surface area contributed by atoms with Gasteiger partial charge in [0, 0.05) is 23.9 Å². The first-order valence-corrected chi connectivity index (χ1v) is 8.23. The van der Waals surface area contributed by atoms with E-state index in [1.54, 1.807) is 11.3 Å². The van der Waals surface area contributed by atoms with Gasteiger partial charge in [-0.25, -0.2) is 0 Å². The molecule has 1 aliphatic heterocycles. The van der Waals surface area contributed by atoms with Gasteiger partial charge in [0.1, 0.15) is 0 Å². The van der Waals surface area contributed by atoms with E-state index in [-0.39, 0.29) is 17.9 Å². The maximum absolute atomic E-state index is 12.6. The van der Waals surface area contributed by atoms with Crippen molar-refractivity contribution in [3.63, 3.8) is 0 Å². The Morgan fingerprint density at radius 2 is 2.05 bits per heavy atom. The first-order valence-electron chi connectivity index (χ1n) is 7.35. The molecule has 1 amide bonds. The zero-order valence-corrected chi connectivity index (χ0v) is 12.9. The van der Waals surface area contributed by atoms with E-state index in [4.69, 9.17) is 0 Å². The Hall–Kier alpha value is -1.65. The smallest absolute Gasteiger partial charge is 0.225 e. The summed E-state index contributed by atoms with van der Waals surface area (Å²) in [6, 6.07) is 14.3. The third kappa shape index (κ3) is 3.17. The van der Waals surface area contributed by atoms with Crippen LogP contribution in [0.5, 0.6) is 0 Å². The van der Waals surface area contributed by atoms with E-state index in [2.05, 4.69) is 40.3 Å². The van der Waals surface area contributed by atoms with E-state index in [9.17, 15) is 4.79 Å². The summed E-state index contributed by atoms with van der Waals surface area (Å²) in [6.45, 7) is 3.68. The highest BCUT2D eigenvalue weighted by molar-refractivity contribution is 7.10. The topological polar surface area (TPSA) is 41.1 Å². The minimum absolute atomic E-state index is 0.0230. The number of carbonyl (C=O) groups excluding carboxylic acids is 1. The molecule has 0 aliphatic carbocycles. The van der Waals surface area contributed by atoms with Crippen molar-refractivity contribution < 1.29 is 4.79 Å². The van der Waals surface area contributed by atoms with Gasteiger partial charge >= 0.3 is 0 Å². The van der Waals surface area contributed by atoms with Crippen molar-refractivity contribution in [2.75, 3.05) is 13.1 Å². The van der Waals surface area contributed by atoms with Crippen molar-refractivity contribution in [1.82, 2.24) is 10.6 Å². The van der Waals surface area contributed by atoms with Gasteiger partial charge < -0.3 is 10.6 Å². The number of carbonyl (C=O) groups is 1. The van der Waals surface area contributed by atoms with Gasteiger partial charge in [-0.1, -0.05) is 36.4 Å². The van der Waals surface area contributed by atoms with Crippen molar-refractivity contribution in [3.05, 3.63) is 58.3 Å². The monoisotopic (exact) mass is 300 g/mol. The Kier molecular flexibility index (Phi) is 4.36. The van der Waals surface area contributed by atoms with Crippen molar-refractivity contribution in [3.8, 4) is 0 Å². The van der Waals surface area contributed by atoms with Gasteiger partial charge in [0.05, 0.1) is 12.0 Å². The number of benzene rings is 1. The first kappa shape index (κ1) is 14.3. The third-order valence-electron chi connectivity index (χ3n) is 4.12. The standard InChI is InChI=1S/C17H20N2OS/c1-12(13-6-3-2-4-7-13)19-17(20)15-11-18-10-14(15)16-8-5-9-21-16/h2-9,12,14-15,18H,10-11H2,1H3,(H,19,20)/t12-,14+,15+/m0/s1. The molecule has 3 atom stereocenters. The SMILES string of the molecule is C[C@H](NC(=O)[C@@H]1CNC[C@H]1c1cccs1)c1ccccc1. The Balaban J connectivity index is 1.67. The molecule has 2 aromatic rings. The number of amides is 1. The molecule has 1 aromatic carbocycles. The van der Waals surface area contributed by atoms with Crippen LogP contribution < -0.4 is 10.6 Å². The summed E-state index contributed by atoms with van der Waals surface area (Å²) in [5, 5.41) is 8.58. The van der Waals surface area contributed by atoms with Crippen LogP contribution in [0.25, 0.3) is 0 Å². The number of nitrogens with one attached hydrogen (secondary N) is 2. The molecule has 0 saturated carbocycles. The normalized spacial score (nSPS) is 22.9. The second kappa shape index (κ2) is 6.41. The molecule has 0 bridgehead atoms. The van der Waals surface area contributed by atoms with Crippen LogP contribution >= 0.6 is 11.3 Å². The molecule has 1 aliphatic rings. The fraction of sp³-hybridized carbons (Fsp3) is 0.353. The summed E-state index contributed by atoms with van der Waals surface area (Å²) in [5.74, 6) is 0.470. The summed E-state index contributed by atoms with van der Waals surface area (Å²) >= 11 is 1.74. The molecule has 110 valence electrons. The molecule has 3 rings (SSSR count). The van der Waals surface area contributed by atoms with E-state index in [1.807, 2.05) is 25.1 Å². The minimum Gasteiger partial charge on any atom is -0.349 e. The van der Waals surface area contributed by atoms with Crippen LogP contribution in [-0.2, 0) is 4.79 Å². The molecule has 3 nitrogen and oxygen atoms in total. The second-order valence-electron chi connectivity index (χ2n) is 5.53. The molecule has 2 heterocycles. The maximum Gasteiger partial charge on any atom is 0.225 e. The largest absolute Gasteiger partial charge is 0.349 e. The number of thiophene rings is 1. The average molecular weight is 300 g/mol. The molecule has 0 spiro atoms. The predicted molar refractivity (Wildman–Crippen MR) is 86.4 cm³/mol. The van der Waals surface area contributed by atoms with Crippen molar-refractivity contribution in [2.45, 2.75) is 18.9 Å². The van der Waals surface area contributed by atoms with Gasteiger partial charge in [-0.2, -0.15) is 0 Å². The number of hydrogen-bond donors (Lipinski definition) is 2. The molecular formula is C17H20N2OS. The average Bonchev–Trinajstić information content (AvgIpc) is 3.18.